The normalized spacial score (nSPS) is 12.9. The molecule has 0 aliphatic rings. The Morgan fingerprint density at radius 2 is 2.17 bits per heavy atom. The largest absolute Gasteiger partial charge is 0.364 e. The van der Waals surface area contributed by atoms with Crippen LogP contribution in [0.5, 0.6) is 0 Å². The summed E-state index contributed by atoms with van der Waals surface area (Å²) < 4.78 is 5.90. The van der Waals surface area contributed by atoms with Crippen molar-refractivity contribution in [3.05, 3.63) is 34.3 Å². The molecular formula is C9H11BrO2. The predicted octanol–water partition coefficient (Wildman–Crippen LogP) is 2.48. The van der Waals surface area contributed by atoms with Crippen LogP contribution in [-0.2, 0) is 4.74 Å². The minimum Gasteiger partial charge on any atom is -0.364 e. The Hall–Kier alpha value is -0.380. The van der Waals surface area contributed by atoms with E-state index in [1.807, 2.05) is 31.2 Å². The van der Waals surface area contributed by atoms with Gasteiger partial charge in [-0.25, -0.2) is 0 Å². The molecule has 66 valence electrons. The second kappa shape index (κ2) is 4.60. The second-order valence-corrected chi connectivity index (χ2v) is 3.18. The molecule has 1 aromatic carbocycles. The number of aliphatic hydroxyl groups excluding tert-OH is 1. The van der Waals surface area contributed by atoms with E-state index in [0.29, 0.717) is 6.61 Å². The Morgan fingerprint density at radius 3 is 2.75 bits per heavy atom. The fourth-order valence-electron chi connectivity index (χ4n) is 0.923. The highest BCUT2D eigenvalue weighted by molar-refractivity contribution is 9.10. The summed E-state index contributed by atoms with van der Waals surface area (Å²) in [5, 5.41) is 9.45. The van der Waals surface area contributed by atoms with Gasteiger partial charge in [0, 0.05) is 16.6 Å². The van der Waals surface area contributed by atoms with E-state index in [0.717, 1.165) is 10.0 Å². The van der Waals surface area contributed by atoms with E-state index in [-0.39, 0.29) is 0 Å². The summed E-state index contributed by atoms with van der Waals surface area (Å²) in [5.74, 6) is 0. The maximum Gasteiger partial charge on any atom is 0.182 e. The Kier molecular flexibility index (Phi) is 3.72. The molecule has 0 bridgehead atoms. The maximum absolute atomic E-state index is 9.45. The van der Waals surface area contributed by atoms with Crippen molar-refractivity contribution in [1.29, 1.82) is 0 Å². The molecule has 12 heavy (non-hydrogen) atoms. The highest BCUT2D eigenvalue weighted by Crippen LogP contribution is 2.23. The zero-order chi connectivity index (χ0) is 8.97. The third kappa shape index (κ3) is 2.30. The van der Waals surface area contributed by atoms with Gasteiger partial charge in [0.25, 0.3) is 0 Å². The van der Waals surface area contributed by atoms with Crippen LogP contribution in [0.15, 0.2) is 28.7 Å². The number of aliphatic hydroxyl groups is 1. The summed E-state index contributed by atoms with van der Waals surface area (Å²) >= 11 is 3.33. The lowest BCUT2D eigenvalue weighted by atomic mass is 10.2. The average molecular weight is 231 g/mol. The standard InChI is InChI=1S/C9H11BrO2/c1-2-12-9(11)7-5-3-4-6-8(7)10/h3-6,9,11H,2H2,1H3. The van der Waals surface area contributed by atoms with E-state index in [2.05, 4.69) is 15.9 Å². The molecular weight excluding hydrogens is 220 g/mol. The van der Waals surface area contributed by atoms with Gasteiger partial charge in [-0.1, -0.05) is 34.1 Å². The molecule has 0 fully saturated rings. The van der Waals surface area contributed by atoms with E-state index in [1.54, 1.807) is 0 Å². The monoisotopic (exact) mass is 230 g/mol. The molecule has 2 nitrogen and oxygen atoms in total. The van der Waals surface area contributed by atoms with Crippen molar-refractivity contribution >= 4 is 15.9 Å². The summed E-state index contributed by atoms with van der Waals surface area (Å²) in [4.78, 5) is 0. The van der Waals surface area contributed by atoms with Gasteiger partial charge in [0.1, 0.15) is 0 Å². The molecule has 0 spiro atoms. The quantitative estimate of drug-likeness (QED) is 0.809. The first-order valence-electron chi connectivity index (χ1n) is 3.79. The van der Waals surface area contributed by atoms with E-state index in [1.165, 1.54) is 0 Å². The Bertz CT molecular complexity index is 250. The van der Waals surface area contributed by atoms with Gasteiger partial charge in [-0.15, -0.1) is 0 Å². The van der Waals surface area contributed by atoms with Crippen LogP contribution in [0.3, 0.4) is 0 Å². The number of hydrogen-bond acceptors (Lipinski definition) is 2. The fourth-order valence-corrected chi connectivity index (χ4v) is 1.40. The number of hydrogen-bond donors (Lipinski definition) is 1. The molecule has 1 N–H and O–H groups in total. The molecule has 0 aliphatic heterocycles. The lowest BCUT2D eigenvalue weighted by molar-refractivity contribution is -0.0984. The van der Waals surface area contributed by atoms with Crippen molar-refractivity contribution < 1.29 is 9.84 Å². The van der Waals surface area contributed by atoms with Crippen LogP contribution >= 0.6 is 15.9 Å². The van der Waals surface area contributed by atoms with Crippen LogP contribution in [0.25, 0.3) is 0 Å². The first-order chi connectivity index (χ1) is 5.75. The van der Waals surface area contributed by atoms with Gasteiger partial charge in [-0.2, -0.15) is 0 Å². The maximum atomic E-state index is 9.45. The average Bonchev–Trinajstić information content (AvgIpc) is 2.05. The minimum absolute atomic E-state index is 0.502. The van der Waals surface area contributed by atoms with Crippen LogP contribution in [0.4, 0.5) is 0 Å². The van der Waals surface area contributed by atoms with Gasteiger partial charge >= 0.3 is 0 Å². The molecule has 3 heteroatoms. The smallest absolute Gasteiger partial charge is 0.182 e. The Labute approximate surface area is 80.3 Å². The topological polar surface area (TPSA) is 29.5 Å². The predicted molar refractivity (Wildman–Crippen MR) is 50.7 cm³/mol. The number of halogens is 1. The van der Waals surface area contributed by atoms with Gasteiger partial charge < -0.3 is 9.84 Å². The van der Waals surface area contributed by atoms with Crippen molar-refractivity contribution in [2.75, 3.05) is 6.61 Å². The second-order valence-electron chi connectivity index (χ2n) is 2.33. The summed E-state index contributed by atoms with van der Waals surface area (Å²) in [6.45, 7) is 2.35. The van der Waals surface area contributed by atoms with Crippen molar-refractivity contribution in [1.82, 2.24) is 0 Å². The van der Waals surface area contributed by atoms with E-state index < -0.39 is 6.29 Å². The van der Waals surface area contributed by atoms with Gasteiger partial charge in [0.05, 0.1) is 0 Å². The summed E-state index contributed by atoms with van der Waals surface area (Å²) in [6, 6.07) is 7.45. The van der Waals surface area contributed by atoms with Crippen molar-refractivity contribution in [2.45, 2.75) is 13.2 Å². The molecule has 0 aromatic heterocycles. The highest BCUT2D eigenvalue weighted by atomic mass is 79.9. The fraction of sp³-hybridized carbons (Fsp3) is 0.333. The van der Waals surface area contributed by atoms with E-state index >= 15 is 0 Å². The lowest BCUT2D eigenvalue weighted by Gasteiger charge is -2.11. The van der Waals surface area contributed by atoms with Crippen LogP contribution in [-0.4, -0.2) is 11.7 Å². The Balaban J connectivity index is 2.79. The number of ether oxygens (including phenoxy) is 1. The Morgan fingerprint density at radius 1 is 1.50 bits per heavy atom. The molecule has 0 saturated heterocycles. The molecule has 0 aliphatic carbocycles. The first kappa shape index (κ1) is 9.71. The molecule has 1 atom stereocenters. The van der Waals surface area contributed by atoms with Gasteiger partial charge in [-0.3, -0.25) is 0 Å². The first-order valence-corrected chi connectivity index (χ1v) is 4.59. The van der Waals surface area contributed by atoms with Gasteiger partial charge in [0.2, 0.25) is 0 Å². The zero-order valence-corrected chi connectivity index (χ0v) is 8.41. The third-order valence-corrected chi connectivity index (χ3v) is 2.22. The molecule has 1 unspecified atom stereocenters. The van der Waals surface area contributed by atoms with E-state index in [9.17, 15) is 5.11 Å². The van der Waals surface area contributed by atoms with E-state index in [4.69, 9.17) is 4.74 Å². The molecule has 1 aromatic rings. The van der Waals surface area contributed by atoms with Crippen LogP contribution < -0.4 is 0 Å². The minimum atomic E-state index is -0.828. The number of rotatable bonds is 3. The molecule has 0 saturated carbocycles. The van der Waals surface area contributed by atoms with Crippen molar-refractivity contribution in [3.63, 3.8) is 0 Å². The SMILES string of the molecule is CCOC(O)c1ccccc1Br. The third-order valence-electron chi connectivity index (χ3n) is 1.50. The van der Waals surface area contributed by atoms with Crippen molar-refractivity contribution in [2.24, 2.45) is 0 Å². The molecule has 0 amide bonds. The molecule has 1 rings (SSSR count). The lowest BCUT2D eigenvalue weighted by Crippen LogP contribution is -2.03. The van der Waals surface area contributed by atoms with Crippen LogP contribution in [0, 0.1) is 0 Å². The summed E-state index contributed by atoms with van der Waals surface area (Å²) in [5.41, 5.74) is 0.763. The van der Waals surface area contributed by atoms with Crippen molar-refractivity contribution in [3.8, 4) is 0 Å². The van der Waals surface area contributed by atoms with Crippen LogP contribution in [0.2, 0.25) is 0 Å². The van der Waals surface area contributed by atoms with Gasteiger partial charge in [-0.05, 0) is 13.0 Å². The summed E-state index contributed by atoms with van der Waals surface area (Å²) in [7, 11) is 0. The van der Waals surface area contributed by atoms with Gasteiger partial charge in [0.15, 0.2) is 6.29 Å². The number of benzene rings is 1. The zero-order valence-electron chi connectivity index (χ0n) is 6.83. The van der Waals surface area contributed by atoms with Crippen LogP contribution in [0.1, 0.15) is 18.8 Å². The highest BCUT2D eigenvalue weighted by Gasteiger charge is 2.08. The molecule has 0 heterocycles. The summed E-state index contributed by atoms with van der Waals surface area (Å²) in [6.07, 6.45) is -0.828. The molecule has 0 radical (unpaired) electrons.